The number of hydrogen-bond acceptors (Lipinski definition) is 5. The summed E-state index contributed by atoms with van der Waals surface area (Å²) >= 11 is 0. The molecule has 0 spiro atoms. The molecule has 0 amide bonds. The molecule has 2 rings (SSSR count). The van der Waals surface area contributed by atoms with Gasteiger partial charge < -0.3 is 25.1 Å². The smallest absolute Gasteiger partial charge is 0.165 e. The highest BCUT2D eigenvalue weighted by Crippen LogP contribution is 2.35. The highest BCUT2D eigenvalue weighted by atomic mass is 16.6. The van der Waals surface area contributed by atoms with E-state index in [1.165, 1.54) is 0 Å². The zero-order valence-corrected chi connectivity index (χ0v) is 9.05. The number of hydrogen-bond donors (Lipinski definition) is 2. The highest BCUT2D eigenvalue weighted by molar-refractivity contribution is 5.46. The predicted molar refractivity (Wildman–Crippen MR) is 58.0 cm³/mol. The van der Waals surface area contributed by atoms with Gasteiger partial charge in [-0.15, -0.1) is 0 Å². The molecule has 0 aromatic heterocycles. The first kappa shape index (κ1) is 11.0. The van der Waals surface area contributed by atoms with Gasteiger partial charge in [-0.3, -0.25) is 0 Å². The van der Waals surface area contributed by atoms with Gasteiger partial charge in [0.1, 0.15) is 18.5 Å². The van der Waals surface area contributed by atoms with E-state index in [4.69, 9.17) is 19.9 Å². The molecule has 0 fully saturated rings. The lowest BCUT2D eigenvalue weighted by atomic mass is 10.2. The molecule has 0 aliphatic carbocycles. The molecule has 5 heteroatoms. The summed E-state index contributed by atoms with van der Waals surface area (Å²) in [5.41, 5.74) is 5.36. The lowest BCUT2D eigenvalue weighted by Crippen LogP contribution is -2.43. The van der Waals surface area contributed by atoms with Gasteiger partial charge in [0.25, 0.3) is 0 Å². The summed E-state index contributed by atoms with van der Waals surface area (Å²) in [6, 6.07) is 5.28. The Hall–Kier alpha value is -1.46. The molecule has 16 heavy (non-hydrogen) atoms. The van der Waals surface area contributed by atoms with Crippen molar-refractivity contribution in [2.75, 3.05) is 20.3 Å². The summed E-state index contributed by atoms with van der Waals surface area (Å²) in [7, 11) is 1.59. The Bertz CT molecular complexity index is 369. The zero-order chi connectivity index (χ0) is 11.5. The maximum atomic E-state index is 9.55. The van der Waals surface area contributed by atoms with Crippen molar-refractivity contribution in [1.82, 2.24) is 0 Å². The molecular formula is C11H15NO4. The van der Waals surface area contributed by atoms with E-state index in [0.29, 0.717) is 23.9 Å². The normalized spacial score (nSPS) is 20.3. The van der Waals surface area contributed by atoms with Crippen molar-refractivity contribution in [3.8, 4) is 17.2 Å². The first-order valence-electron chi connectivity index (χ1n) is 5.10. The van der Waals surface area contributed by atoms with Crippen LogP contribution in [0.15, 0.2) is 18.2 Å². The van der Waals surface area contributed by atoms with Gasteiger partial charge in [-0.25, -0.2) is 0 Å². The van der Waals surface area contributed by atoms with Crippen molar-refractivity contribution in [1.29, 1.82) is 0 Å². The van der Waals surface area contributed by atoms with Crippen molar-refractivity contribution in [3.05, 3.63) is 18.2 Å². The van der Waals surface area contributed by atoms with Crippen molar-refractivity contribution < 1.29 is 19.3 Å². The third kappa shape index (κ3) is 2.05. The first-order chi connectivity index (χ1) is 7.74. The van der Waals surface area contributed by atoms with Gasteiger partial charge >= 0.3 is 0 Å². The number of aliphatic hydroxyl groups is 1. The van der Waals surface area contributed by atoms with E-state index in [2.05, 4.69) is 0 Å². The van der Waals surface area contributed by atoms with Crippen LogP contribution in [0.3, 0.4) is 0 Å². The Morgan fingerprint density at radius 3 is 3.06 bits per heavy atom. The van der Waals surface area contributed by atoms with Gasteiger partial charge in [-0.2, -0.15) is 0 Å². The van der Waals surface area contributed by atoms with Crippen LogP contribution < -0.4 is 19.9 Å². The van der Waals surface area contributed by atoms with E-state index in [0.717, 1.165) is 0 Å². The van der Waals surface area contributed by atoms with E-state index in [1.807, 2.05) is 0 Å². The van der Waals surface area contributed by atoms with Crippen LogP contribution in [0.25, 0.3) is 0 Å². The summed E-state index contributed by atoms with van der Waals surface area (Å²) < 4.78 is 16.1. The average molecular weight is 225 g/mol. The summed E-state index contributed by atoms with van der Waals surface area (Å²) in [4.78, 5) is 0. The molecule has 2 unspecified atom stereocenters. The van der Waals surface area contributed by atoms with Gasteiger partial charge in [0.05, 0.1) is 7.11 Å². The number of nitrogens with two attached hydrogens (primary N) is 1. The second-order valence-corrected chi connectivity index (χ2v) is 3.58. The summed E-state index contributed by atoms with van der Waals surface area (Å²) in [5.74, 6) is 1.93. The molecular weight excluding hydrogens is 210 g/mol. The van der Waals surface area contributed by atoms with Crippen molar-refractivity contribution in [3.63, 3.8) is 0 Å². The van der Waals surface area contributed by atoms with Crippen LogP contribution in [0.5, 0.6) is 17.2 Å². The number of aliphatic hydroxyl groups excluding tert-OH is 1. The van der Waals surface area contributed by atoms with Crippen LogP contribution in [0.2, 0.25) is 0 Å². The molecule has 0 saturated carbocycles. The van der Waals surface area contributed by atoms with E-state index >= 15 is 0 Å². The van der Waals surface area contributed by atoms with Crippen LogP contribution >= 0.6 is 0 Å². The minimum atomic E-state index is -0.713. The largest absolute Gasteiger partial charge is 0.497 e. The van der Waals surface area contributed by atoms with E-state index in [9.17, 15) is 5.11 Å². The molecule has 1 heterocycles. The SMILES string of the molecule is COc1ccc2c(c1)OCC(C(O)CN)O2. The van der Waals surface area contributed by atoms with Crippen molar-refractivity contribution in [2.45, 2.75) is 12.2 Å². The first-order valence-corrected chi connectivity index (χ1v) is 5.10. The minimum absolute atomic E-state index is 0.152. The topological polar surface area (TPSA) is 73.9 Å². The van der Waals surface area contributed by atoms with Crippen LogP contribution in [-0.2, 0) is 0 Å². The summed E-state index contributed by atoms with van der Waals surface area (Å²) in [6.45, 7) is 0.443. The molecule has 1 aromatic rings. The second kappa shape index (κ2) is 4.59. The van der Waals surface area contributed by atoms with Crippen molar-refractivity contribution >= 4 is 0 Å². The third-order valence-corrected chi connectivity index (χ3v) is 2.50. The van der Waals surface area contributed by atoms with E-state index in [-0.39, 0.29) is 6.54 Å². The molecule has 3 N–H and O–H groups in total. The third-order valence-electron chi connectivity index (χ3n) is 2.50. The maximum absolute atomic E-state index is 9.55. The molecule has 1 aliphatic rings. The maximum Gasteiger partial charge on any atom is 0.165 e. The molecule has 1 aliphatic heterocycles. The molecule has 0 radical (unpaired) electrons. The fraction of sp³-hybridized carbons (Fsp3) is 0.455. The molecule has 5 nitrogen and oxygen atoms in total. The lowest BCUT2D eigenvalue weighted by molar-refractivity contribution is -0.00542. The Balaban J connectivity index is 2.15. The quantitative estimate of drug-likeness (QED) is 0.766. The molecule has 2 atom stereocenters. The fourth-order valence-electron chi connectivity index (χ4n) is 1.54. The monoisotopic (exact) mass is 225 g/mol. The molecule has 0 saturated heterocycles. The average Bonchev–Trinajstić information content (AvgIpc) is 2.36. The lowest BCUT2D eigenvalue weighted by Gasteiger charge is -2.29. The van der Waals surface area contributed by atoms with Gasteiger partial charge in [0.2, 0.25) is 0 Å². The minimum Gasteiger partial charge on any atom is -0.497 e. The number of rotatable bonds is 3. The Morgan fingerprint density at radius 1 is 1.56 bits per heavy atom. The van der Waals surface area contributed by atoms with Crippen molar-refractivity contribution in [2.24, 2.45) is 5.73 Å². The Morgan fingerprint density at radius 2 is 2.38 bits per heavy atom. The van der Waals surface area contributed by atoms with Gasteiger partial charge in [-0.1, -0.05) is 0 Å². The Labute approximate surface area is 93.7 Å². The van der Waals surface area contributed by atoms with E-state index < -0.39 is 12.2 Å². The predicted octanol–water partition coefficient (Wildman–Crippen LogP) is 0.155. The number of fused-ring (bicyclic) bond motifs is 1. The number of benzene rings is 1. The summed E-state index contributed by atoms with van der Waals surface area (Å²) in [5, 5.41) is 9.55. The van der Waals surface area contributed by atoms with E-state index in [1.54, 1.807) is 25.3 Å². The molecule has 0 bridgehead atoms. The number of methoxy groups -OCH3 is 1. The zero-order valence-electron chi connectivity index (χ0n) is 9.05. The number of ether oxygens (including phenoxy) is 3. The molecule has 1 aromatic carbocycles. The standard InChI is InChI=1S/C11H15NO4/c1-14-7-2-3-9-10(4-7)15-6-11(16-9)8(13)5-12/h2-4,8,11,13H,5-6,12H2,1H3. The van der Waals surface area contributed by atoms with Gasteiger partial charge in [-0.05, 0) is 12.1 Å². The summed E-state index contributed by atoms with van der Waals surface area (Å²) in [6.07, 6.45) is -1.12. The van der Waals surface area contributed by atoms with Crippen LogP contribution in [0, 0.1) is 0 Å². The highest BCUT2D eigenvalue weighted by Gasteiger charge is 2.26. The van der Waals surface area contributed by atoms with Gasteiger partial charge in [0, 0.05) is 12.6 Å². The van der Waals surface area contributed by atoms with Crippen LogP contribution in [0.1, 0.15) is 0 Å². The molecule has 88 valence electrons. The van der Waals surface area contributed by atoms with Gasteiger partial charge in [0.15, 0.2) is 17.6 Å². The fourth-order valence-corrected chi connectivity index (χ4v) is 1.54. The Kier molecular flexibility index (Phi) is 3.17. The second-order valence-electron chi connectivity index (χ2n) is 3.58. The van der Waals surface area contributed by atoms with Crippen LogP contribution in [-0.4, -0.2) is 37.6 Å². The van der Waals surface area contributed by atoms with Crippen LogP contribution in [0.4, 0.5) is 0 Å².